The number of aliphatic hydroxyl groups is 1. The molecule has 2 amide bonds. The molecule has 1 aromatic rings. The summed E-state index contributed by atoms with van der Waals surface area (Å²) in [6.07, 6.45) is 0. The van der Waals surface area contributed by atoms with Crippen molar-refractivity contribution in [2.45, 2.75) is 25.5 Å². The van der Waals surface area contributed by atoms with Crippen LogP contribution in [0.15, 0.2) is 18.2 Å². The number of anilines is 1. The van der Waals surface area contributed by atoms with E-state index in [9.17, 15) is 14.7 Å². The lowest BCUT2D eigenvalue weighted by molar-refractivity contribution is -0.124. The summed E-state index contributed by atoms with van der Waals surface area (Å²) in [5.41, 5.74) is 5.27. The number of hydrogen-bond donors (Lipinski definition) is 3. The minimum Gasteiger partial charge on any atom is -0.489 e. The number of likely N-dealkylation sites (N-methyl/N-ethyl adjacent to an activating group) is 1. The van der Waals surface area contributed by atoms with E-state index in [1.807, 2.05) is 0 Å². The molecule has 0 saturated carbocycles. The molecule has 0 unspecified atom stereocenters. The van der Waals surface area contributed by atoms with Gasteiger partial charge in [-0.2, -0.15) is 0 Å². The number of nitrogens with one attached hydrogen (secondary N) is 1. The lowest BCUT2D eigenvalue weighted by Crippen LogP contribution is -2.43. The van der Waals surface area contributed by atoms with Crippen LogP contribution in [0.3, 0.4) is 0 Å². The number of halogens is 1. The Labute approximate surface area is 152 Å². The number of carbonyl (C=O) groups is 2. The van der Waals surface area contributed by atoms with E-state index >= 15 is 0 Å². The van der Waals surface area contributed by atoms with Gasteiger partial charge >= 0.3 is 0 Å². The molecule has 1 aromatic carbocycles. The number of amides is 2. The Morgan fingerprint density at radius 3 is 2.84 bits per heavy atom. The van der Waals surface area contributed by atoms with Crippen LogP contribution in [0.1, 0.15) is 13.8 Å². The Kier molecular flexibility index (Phi) is 7.04. The third kappa shape index (κ3) is 5.77. The zero-order valence-electron chi connectivity index (χ0n) is 14.4. The summed E-state index contributed by atoms with van der Waals surface area (Å²) in [4.78, 5) is 25.2. The SMILES string of the molecule is CN1C(=O)[C@@H](N)COc2ccc(OCC(=O)NCC(C)(C)O)cc21.Cl. The second-order valence-corrected chi connectivity index (χ2v) is 6.32. The fraction of sp³-hybridized carbons (Fsp3) is 0.500. The van der Waals surface area contributed by atoms with E-state index in [0.717, 1.165) is 0 Å². The lowest BCUT2D eigenvalue weighted by atomic mass is 10.1. The topological polar surface area (TPSA) is 114 Å². The fourth-order valence-corrected chi connectivity index (χ4v) is 2.10. The molecule has 0 radical (unpaired) electrons. The summed E-state index contributed by atoms with van der Waals surface area (Å²) in [5, 5.41) is 12.1. The Morgan fingerprint density at radius 2 is 2.20 bits per heavy atom. The Bertz CT molecular complexity index is 633. The highest BCUT2D eigenvalue weighted by atomic mass is 35.5. The zero-order valence-corrected chi connectivity index (χ0v) is 15.3. The maximum absolute atomic E-state index is 12.1. The molecule has 4 N–H and O–H groups in total. The monoisotopic (exact) mass is 373 g/mol. The van der Waals surface area contributed by atoms with Crippen LogP contribution >= 0.6 is 12.4 Å². The van der Waals surface area contributed by atoms with Crippen molar-refractivity contribution in [3.8, 4) is 11.5 Å². The van der Waals surface area contributed by atoms with Gasteiger partial charge in [0.05, 0.1) is 11.3 Å². The predicted octanol–water partition coefficient (Wildman–Crippen LogP) is 0.0568. The summed E-state index contributed by atoms with van der Waals surface area (Å²) in [7, 11) is 1.61. The number of nitrogens with zero attached hydrogens (tertiary/aromatic N) is 1. The van der Waals surface area contributed by atoms with Crippen LogP contribution in [0.2, 0.25) is 0 Å². The Morgan fingerprint density at radius 1 is 1.52 bits per heavy atom. The van der Waals surface area contributed by atoms with Crippen molar-refractivity contribution in [3.05, 3.63) is 18.2 Å². The Balaban J connectivity index is 0.00000312. The molecule has 0 spiro atoms. The normalized spacial score (nSPS) is 16.9. The molecule has 8 nitrogen and oxygen atoms in total. The van der Waals surface area contributed by atoms with E-state index in [2.05, 4.69) is 5.32 Å². The maximum atomic E-state index is 12.1. The third-order valence-electron chi connectivity index (χ3n) is 3.45. The molecule has 25 heavy (non-hydrogen) atoms. The van der Waals surface area contributed by atoms with Crippen LogP contribution in [0.5, 0.6) is 11.5 Å². The minimum absolute atomic E-state index is 0. The number of fused-ring (bicyclic) bond motifs is 1. The number of benzene rings is 1. The first kappa shape index (κ1) is 21.0. The van der Waals surface area contributed by atoms with Crippen LogP contribution in [-0.4, -0.2) is 55.4 Å². The summed E-state index contributed by atoms with van der Waals surface area (Å²) in [5.74, 6) is 0.340. The zero-order chi connectivity index (χ0) is 17.9. The quantitative estimate of drug-likeness (QED) is 0.672. The van der Waals surface area contributed by atoms with Gasteiger partial charge in [0.1, 0.15) is 24.1 Å². The van der Waals surface area contributed by atoms with Gasteiger partial charge in [-0.25, -0.2) is 0 Å². The predicted molar refractivity (Wildman–Crippen MR) is 95.4 cm³/mol. The molecule has 9 heteroatoms. The average molecular weight is 374 g/mol. The molecule has 0 fully saturated rings. The first-order chi connectivity index (χ1) is 11.2. The van der Waals surface area contributed by atoms with Crippen LogP contribution in [0.4, 0.5) is 5.69 Å². The highest BCUT2D eigenvalue weighted by Crippen LogP contribution is 2.33. The van der Waals surface area contributed by atoms with Crippen molar-refractivity contribution in [1.82, 2.24) is 5.32 Å². The van der Waals surface area contributed by atoms with Gasteiger partial charge in [-0.3, -0.25) is 9.59 Å². The molecule has 140 valence electrons. The van der Waals surface area contributed by atoms with Crippen LogP contribution in [-0.2, 0) is 9.59 Å². The average Bonchev–Trinajstić information content (AvgIpc) is 2.63. The molecule has 1 aliphatic heterocycles. The summed E-state index contributed by atoms with van der Waals surface area (Å²) in [6, 6.07) is 4.21. The van der Waals surface area contributed by atoms with Gasteiger partial charge in [-0.05, 0) is 26.0 Å². The second kappa shape index (κ2) is 8.37. The molecule has 0 bridgehead atoms. The van der Waals surface area contributed by atoms with Crippen molar-refractivity contribution in [1.29, 1.82) is 0 Å². The van der Waals surface area contributed by atoms with Gasteiger partial charge < -0.3 is 30.5 Å². The number of ether oxygens (including phenoxy) is 2. The fourth-order valence-electron chi connectivity index (χ4n) is 2.10. The van der Waals surface area contributed by atoms with Crippen molar-refractivity contribution in [3.63, 3.8) is 0 Å². The molecular weight excluding hydrogens is 350 g/mol. The van der Waals surface area contributed by atoms with Crippen LogP contribution in [0.25, 0.3) is 0 Å². The van der Waals surface area contributed by atoms with Gasteiger partial charge in [-0.1, -0.05) is 0 Å². The van der Waals surface area contributed by atoms with E-state index in [0.29, 0.717) is 17.2 Å². The summed E-state index contributed by atoms with van der Waals surface area (Å²) in [6.45, 7) is 3.22. The van der Waals surface area contributed by atoms with Gasteiger partial charge in [0.25, 0.3) is 5.91 Å². The molecule has 1 atom stereocenters. The highest BCUT2D eigenvalue weighted by Gasteiger charge is 2.26. The number of hydrogen-bond acceptors (Lipinski definition) is 6. The van der Waals surface area contributed by atoms with Crippen molar-refractivity contribution in [2.75, 3.05) is 31.7 Å². The van der Waals surface area contributed by atoms with Gasteiger partial charge in [-0.15, -0.1) is 12.4 Å². The molecule has 2 rings (SSSR count). The maximum Gasteiger partial charge on any atom is 0.258 e. The van der Waals surface area contributed by atoms with Crippen molar-refractivity contribution >= 4 is 29.9 Å². The molecule has 0 saturated heterocycles. The first-order valence-corrected chi connectivity index (χ1v) is 7.59. The summed E-state index contributed by atoms with van der Waals surface area (Å²) < 4.78 is 10.9. The number of carbonyl (C=O) groups excluding carboxylic acids is 2. The van der Waals surface area contributed by atoms with Gasteiger partial charge in [0.2, 0.25) is 5.91 Å². The lowest BCUT2D eigenvalue weighted by Gasteiger charge is -2.19. The van der Waals surface area contributed by atoms with Gasteiger partial charge in [0, 0.05) is 19.7 Å². The summed E-state index contributed by atoms with van der Waals surface area (Å²) >= 11 is 0. The second-order valence-electron chi connectivity index (χ2n) is 6.32. The van der Waals surface area contributed by atoms with Crippen LogP contribution < -0.4 is 25.4 Å². The van der Waals surface area contributed by atoms with E-state index < -0.39 is 11.6 Å². The smallest absolute Gasteiger partial charge is 0.258 e. The molecular formula is C16H24ClN3O5. The molecule has 0 aliphatic carbocycles. The van der Waals surface area contributed by atoms with Crippen molar-refractivity contribution < 1.29 is 24.2 Å². The molecule has 0 aromatic heterocycles. The minimum atomic E-state index is -0.987. The largest absolute Gasteiger partial charge is 0.489 e. The number of nitrogens with two attached hydrogens (primary N) is 1. The first-order valence-electron chi connectivity index (χ1n) is 7.59. The van der Waals surface area contributed by atoms with E-state index in [1.165, 1.54) is 4.90 Å². The Hall–Kier alpha value is -2.03. The van der Waals surface area contributed by atoms with Gasteiger partial charge in [0.15, 0.2) is 6.61 Å². The standard InChI is InChI=1S/C16H23N3O5.ClH/c1-16(2,22)9-18-14(20)8-23-10-4-5-13-12(6-10)19(3)15(21)11(17)7-24-13;/h4-6,11,22H,7-9,17H2,1-3H3,(H,18,20);1H/t11-;/m0./s1. The van der Waals surface area contributed by atoms with E-state index in [1.54, 1.807) is 39.1 Å². The third-order valence-corrected chi connectivity index (χ3v) is 3.45. The molecule has 1 aliphatic rings. The van der Waals surface area contributed by atoms with Crippen molar-refractivity contribution in [2.24, 2.45) is 5.73 Å². The van der Waals surface area contributed by atoms with E-state index in [-0.39, 0.29) is 44.0 Å². The number of rotatable bonds is 5. The highest BCUT2D eigenvalue weighted by molar-refractivity contribution is 5.98. The van der Waals surface area contributed by atoms with Crippen LogP contribution in [0, 0.1) is 0 Å². The molecule has 1 heterocycles. The van der Waals surface area contributed by atoms with E-state index in [4.69, 9.17) is 15.2 Å².